The molecule has 3 rings (SSSR count). The van der Waals surface area contributed by atoms with Crippen molar-refractivity contribution in [2.75, 3.05) is 6.61 Å². The molecule has 0 amide bonds. The molecular weight excluding hydrogens is 314 g/mol. The summed E-state index contributed by atoms with van der Waals surface area (Å²) < 4.78 is 1.52. The summed E-state index contributed by atoms with van der Waals surface area (Å²) in [5.74, 6) is -0.376. The Morgan fingerprint density at radius 2 is 1.72 bits per heavy atom. The fraction of sp³-hybridized carbons (Fsp3) is 0.250. The first-order valence-electron chi connectivity index (χ1n) is 8.33. The van der Waals surface area contributed by atoms with Gasteiger partial charge in [0, 0.05) is 23.2 Å². The van der Waals surface area contributed by atoms with E-state index < -0.39 is 6.04 Å². The van der Waals surface area contributed by atoms with Crippen molar-refractivity contribution >= 4 is 0 Å². The summed E-state index contributed by atoms with van der Waals surface area (Å²) >= 11 is 0. The van der Waals surface area contributed by atoms with E-state index in [-0.39, 0.29) is 18.1 Å². The summed E-state index contributed by atoms with van der Waals surface area (Å²) in [6.45, 7) is 3.67. The summed E-state index contributed by atoms with van der Waals surface area (Å²) in [5.41, 5.74) is 10.2. The minimum atomic E-state index is -0.561. The maximum absolute atomic E-state index is 13.1. The van der Waals surface area contributed by atoms with Gasteiger partial charge in [-0.05, 0) is 31.5 Å². The van der Waals surface area contributed by atoms with Gasteiger partial charge in [-0.15, -0.1) is 0 Å². The lowest BCUT2D eigenvalue weighted by atomic mass is 9.85. The largest absolute Gasteiger partial charge is 0.395 e. The molecule has 0 bridgehead atoms. The molecule has 1 heterocycles. The number of nitrogens with two attached hydrogens (primary N) is 1. The summed E-state index contributed by atoms with van der Waals surface area (Å²) in [6.07, 6.45) is 0. The van der Waals surface area contributed by atoms with Gasteiger partial charge in [0.2, 0.25) is 0 Å². The average Bonchev–Trinajstić information content (AvgIpc) is 2.92. The molecule has 0 aliphatic carbocycles. The number of aromatic nitrogens is 2. The van der Waals surface area contributed by atoms with E-state index in [9.17, 15) is 9.90 Å². The van der Waals surface area contributed by atoms with Crippen molar-refractivity contribution in [1.29, 1.82) is 0 Å². The Morgan fingerprint density at radius 3 is 2.32 bits per heavy atom. The molecule has 0 saturated heterocycles. The first kappa shape index (κ1) is 17.2. The van der Waals surface area contributed by atoms with Gasteiger partial charge in [0.05, 0.1) is 12.3 Å². The molecular formula is C20H23N3O2. The van der Waals surface area contributed by atoms with Crippen molar-refractivity contribution in [3.05, 3.63) is 87.3 Å². The Morgan fingerprint density at radius 1 is 1.08 bits per heavy atom. The van der Waals surface area contributed by atoms with E-state index in [2.05, 4.69) is 5.10 Å². The van der Waals surface area contributed by atoms with E-state index in [1.165, 1.54) is 4.68 Å². The van der Waals surface area contributed by atoms with E-state index in [4.69, 9.17) is 5.73 Å². The number of hydrogen-bond donors (Lipinski definition) is 3. The Hall–Kier alpha value is -2.63. The van der Waals surface area contributed by atoms with Crippen LogP contribution in [-0.4, -0.2) is 27.5 Å². The Balaban J connectivity index is 2.16. The van der Waals surface area contributed by atoms with Crippen LogP contribution in [-0.2, 0) is 0 Å². The molecule has 130 valence electrons. The maximum atomic E-state index is 13.1. The number of rotatable bonds is 5. The molecule has 5 nitrogen and oxygen atoms in total. The van der Waals surface area contributed by atoms with E-state index in [0.717, 1.165) is 22.5 Å². The SMILES string of the molecule is Cc1ccc([C@H](c2c(C)[nH]n(-c3ccccc3)c2=O)[C@H](N)CO)cc1. The van der Waals surface area contributed by atoms with Gasteiger partial charge in [0.25, 0.3) is 5.56 Å². The Bertz CT molecular complexity index is 895. The Labute approximate surface area is 146 Å². The van der Waals surface area contributed by atoms with Gasteiger partial charge in [-0.25, -0.2) is 4.68 Å². The van der Waals surface area contributed by atoms with Crippen LogP contribution in [0.2, 0.25) is 0 Å². The topological polar surface area (TPSA) is 84.0 Å². The van der Waals surface area contributed by atoms with Crippen molar-refractivity contribution < 1.29 is 5.11 Å². The number of aryl methyl sites for hydroxylation is 2. The van der Waals surface area contributed by atoms with E-state index in [1.54, 1.807) is 0 Å². The van der Waals surface area contributed by atoms with Crippen LogP contribution in [0.3, 0.4) is 0 Å². The van der Waals surface area contributed by atoms with Gasteiger partial charge in [-0.3, -0.25) is 9.89 Å². The van der Waals surface area contributed by atoms with Gasteiger partial charge in [0.1, 0.15) is 0 Å². The third-order valence-corrected chi connectivity index (χ3v) is 4.52. The zero-order chi connectivity index (χ0) is 18.0. The second-order valence-corrected chi connectivity index (χ2v) is 6.36. The second-order valence-electron chi connectivity index (χ2n) is 6.36. The second kappa shape index (κ2) is 7.09. The van der Waals surface area contributed by atoms with Crippen LogP contribution in [0.4, 0.5) is 0 Å². The van der Waals surface area contributed by atoms with Crippen molar-refractivity contribution in [3.63, 3.8) is 0 Å². The number of nitrogens with zero attached hydrogens (tertiary/aromatic N) is 1. The van der Waals surface area contributed by atoms with Crippen molar-refractivity contribution in [2.45, 2.75) is 25.8 Å². The van der Waals surface area contributed by atoms with Crippen molar-refractivity contribution in [3.8, 4) is 5.69 Å². The van der Waals surface area contributed by atoms with Gasteiger partial charge in [-0.1, -0.05) is 48.0 Å². The van der Waals surface area contributed by atoms with Gasteiger partial charge >= 0.3 is 0 Å². The molecule has 3 aromatic rings. The minimum Gasteiger partial charge on any atom is -0.395 e. The zero-order valence-corrected chi connectivity index (χ0v) is 14.4. The van der Waals surface area contributed by atoms with Crippen LogP contribution < -0.4 is 11.3 Å². The summed E-state index contributed by atoms with van der Waals surface area (Å²) in [6, 6.07) is 16.8. The zero-order valence-electron chi connectivity index (χ0n) is 14.4. The minimum absolute atomic E-state index is 0.141. The lowest BCUT2D eigenvalue weighted by molar-refractivity contribution is 0.256. The number of hydrogen-bond acceptors (Lipinski definition) is 3. The van der Waals surface area contributed by atoms with Crippen LogP contribution in [0.25, 0.3) is 5.69 Å². The van der Waals surface area contributed by atoms with Gasteiger partial charge < -0.3 is 10.8 Å². The summed E-state index contributed by atoms with van der Waals surface area (Å²) in [4.78, 5) is 13.1. The molecule has 0 aliphatic rings. The monoisotopic (exact) mass is 337 g/mol. The number of aromatic amines is 1. The first-order valence-corrected chi connectivity index (χ1v) is 8.33. The molecule has 25 heavy (non-hydrogen) atoms. The molecule has 2 atom stereocenters. The number of benzene rings is 2. The highest BCUT2D eigenvalue weighted by Gasteiger charge is 2.28. The average molecular weight is 337 g/mol. The fourth-order valence-electron chi connectivity index (χ4n) is 3.19. The van der Waals surface area contributed by atoms with E-state index >= 15 is 0 Å². The van der Waals surface area contributed by atoms with Crippen molar-refractivity contribution in [2.24, 2.45) is 5.73 Å². The number of nitrogens with one attached hydrogen (secondary N) is 1. The molecule has 4 N–H and O–H groups in total. The fourth-order valence-corrected chi connectivity index (χ4v) is 3.19. The van der Waals surface area contributed by atoms with Crippen LogP contribution in [0, 0.1) is 13.8 Å². The molecule has 5 heteroatoms. The molecule has 1 aromatic heterocycles. The van der Waals surface area contributed by atoms with Crippen LogP contribution in [0.15, 0.2) is 59.4 Å². The first-order chi connectivity index (χ1) is 12.0. The van der Waals surface area contributed by atoms with Crippen molar-refractivity contribution in [1.82, 2.24) is 9.78 Å². The maximum Gasteiger partial charge on any atom is 0.275 e. The normalized spacial score (nSPS) is 13.6. The predicted molar refractivity (Wildman–Crippen MR) is 99.2 cm³/mol. The van der Waals surface area contributed by atoms with E-state index in [1.807, 2.05) is 68.4 Å². The molecule has 0 radical (unpaired) electrons. The number of H-pyrrole nitrogens is 1. The molecule has 0 unspecified atom stereocenters. The molecule has 0 spiro atoms. The molecule has 0 saturated carbocycles. The highest BCUT2D eigenvalue weighted by molar-refractivity contribution is 5.39. The summed E-state index contributed by atoms with van der Waals surface area (Å²) in [7, 11) is 0. The Kier molecular flexibility index (Phi) is 4.88. The van der Waals surface area contributed by atoms with Crippen LogP contribution in [0.1, 0.15) is 28.3 Å². The summed E-state index contributed by atoms with van der Waals surface area (Å²) in [5, 5.41) is 12.8. The lowest BCUT2D eigenvalue weighted by Gasteiger charge is -2.22. The standard InChI is InChI=1S/C20H23N3O2/c1-13-8-10-15(11-9-13)19(17(21)12-24)18-14(2)22-23(20(18)25)16-6-4-3-5-7-16/h3-11,17,19,22,24H,12,21H2,1-2H3/t17-,19+/m1/s1. The van der Waals surface area contributed by atoms with Crippen LogP contribution >= 0.6 is 0 Å². The molecule has 0 fully saturated rings. The predicted octanol–water partition coefficient (Wildman–Crippen LogP) is 2.23. The third-order valence-electron chi connectivity index (χ3n) is 4.52. The number of para-hydroxylation sites is 1. The number of aliphatic hydroxyl groups is 1. The van der Waals surface area contributed by atoms with Crippen LogP contribution in [0.5, 0.6) is 0 Å². The highest BCUT2D eigenvalue weighted by atomic mass is 16.3. The highest BCUT2D eigenvalue weighted by Crippen LogP contribution is 2.27. The molecule has 2 aromatic carbocycles. The molecule has 0 aliphatic heterocycles. The van der Waals surface area contributed by atoms with Gasteiger partial charge in [0.15, 0.2) is 0 Å². The van der Waals surface area contributed by atoms with Gasteiger partial charge in [-0.2, -0.15) is 0 Å². The lowest BCUT2D eigenvalue weighted by Crippen LogP contribution is -2.35. The smallest absolute Gasteiger partial charge is 0.275 e. The number of aliphatic hydroxyl groups excluding tert-OH is 1. The third kappa shape index (κ3) is 3.29. The quantitative estimate of drug-likeness (QED) is 0.667. The van der Waals surface area contributed by atoms with E-state index in [0.29, 0.717) is 5.56 Å².